The van der Waals surface area contributed by atoms with Gasteiger partial charge in [0.15, 0.2) is 0 Å². The van der Waals surface area contributed by atoms with E-state index in [1.165, 1.54) is 0 Å². The molecule has 0 fully saturated rings. The summed E-state index contributed by atoms with van der Waals surface area (Å²) in [5.41, 5.74) is 1.79. The second-order valence-corrected chi connectivity index (χ2v) is 5.90. The van der Waals surface area contributed by atoms with Gasteiger partial charge in [-0.1, -0.05) is 36.8 Å². The van der Waals surface area contributed by atoms with Crippen LogP contribution in [0.25, 0.3) is 0 Å². The van der Waals surface area contributed by atoms with E-state index in [0.29, 0.717) is 5.56 Å². The van der Waals surface area contributed by atoms with Crippen molar-refractivity contribution in [1.29, 1.82) is 0 Å². The lowest BCUT2D eigenvalue weighted by molar-refractivity contribution is 0.178. The molecule has 1 unspecified atom stereocenters. The Bertz CT molecular complexity index is 436. The van der Waals surface area contributed by atoms with Gasteiger partial charge in [-0.15, -0.1) is 0 Å². The zero-order chi connectivity index (χ0) is 12.9. The molecule has 0 aliphatic rings. The maximum absolute atomic E-state index is 11.6. The fourth-order valence-electron chi connectivity index (χ4n) is 1.20. The Hall–Kier alpha value is -0.910. The lowest BCUT2D eigenvalue weighted by Crippen LogP contribution is -2.16. The number of benzene rings is 1. The number of aliphatic hydroxyl groups is 1. The van der Waals surface area contributed by atoms with E-state index >= 15 is 0 Å². The highest BCUT2D eigenvalue weighted by Gasteiger charge is 2.14. The lowest BCUT2D eigenvalue weighted by Gasteiger charge is -2.09. The van der Waals surface area contributed by atoms with E-state index in [1.807, 2.05) is 19.1 Å². The van der Waals surface area contributed by atoms with Crippen molar-refractivity contribution in [3.63, 3.8) is 0 Å². The van der Waals surface area contributed by atoms with Gasteiger partial charge in [0, 0.05) is 12.5 Å². The molecular formula is C12H18O4S. The molecule has 0 spiro atoms. The summed E-state index contributed by atoms with van der Waals surface area (Å²) in [5, 5.41) is 8.78. The smallest absolute Gasteiger partial charge is 0.271 e. The van der Waals surface area contributed by atoms with Crippen LogP contribution in [0.1, 0.15) is 18.1 Å². The van der Waals surface area contributed by atoms with Crippen LogP contribution in [0.4, 0.5) is 0 Å². The van der Waals surface area contributed by atoms with Crippen molar-refractivity contribution in [2.24, 2.45) is 5.92 Å². The molecule has 0 aliphatic carbocycles. The van der Waals surface area contributed by atoms with E-state index in [-0.39, 0.29) is 24.9 Å². The van der Waals surface area contributed by atoms with Crippen molar-refractivity contribution >= 4 is 10.1 Å². The molecule has 0 bridgehead atoms. The molecule has 1 rings (SSSR count). The maximum Gasteiger partial charge on any atom is 0.271 e. The SMILES string of the molecule is Cc1ccc(CS(=O)(=O)OCC(C)CO)cc1. The fraction of sp³-hybridized carbons (Fsp3) is 0.500. The zero-order valence-electron chi connectivity index (χ0n) is 10.1. The van der Waals surface area contributed by atoms with Crippen LogP contribution in [0.5, 0.6) is 0 Å². The molecule has 1 aromatic rings. The first-order valence-electron chi connectivity index (χ1n) is 5.46. The van der Waals surface area contributed by atoms with E-state index in [1.54, 1.807) is 19.1 Å². The second-order valence-electron chi connectivity index (χ2n) is 4.26. The minimum atomic E-state index is -3.56. The minimum Gasteiger partial charge on any atom is -0.396 e. The highest BCUT2D eigenvalue weighted by Crippen LogP contribution is 2.10. The topological polar surface area (TPSA) is 63.6 Å². The first-order valence-corrected chi connectivity index (χ1v) is 7.04. The number of aryl methyl sites for hydroxylation is 1. The van der Waals surface area contributed by atoms with Gasteiger partial charge in [0.2, 0.25) is 0 Å². The predicted molar refractivity (Wildman–Crippen MR) is 66.0 cm³/mol. The van der Waals surface area contributed by atoms with Gasteiger partial charge in [0.1, 0.15) is 5.75 Å². The van der Waals surface area contributed by atoms with E-state index in [0.717, 1.165) is 5.56 Å². The first kappa shape index (κ1) is 14.2. The molecule has 0 saturated carbocycles. The van der Waals surface area contributed by atoms with E-state index in [9.17, 15) is 8.42 Å². The van der Waals surface area contributed by atoms with Crippen LogP contribution in [0.2, 0.25) is 0 Å². The van der Waals surface area contributed by atoms with Gasteiger partial charge in [0.05, 0.1) is 6.61 Å². The summed E-state index contributed by atoms with van der Waals surface area (Å²) in [7, 11) is -3.56. The van der Waals surface area contributed by atoms with Gasteiger partial charge >= 0.3 is 0 Å². The van der Waals surface area contributed by atoms with Crippen LogP contribution in [0.3, 0.4) is 0 Å². The molecule has 0 aliphatic heterocycles. The van der Waals surface area contributed by atoms with Crippen molar-refractivity contribution in [3.05, 3.63) is 35.4 Å². The minimum absolute atomic E-state index is 0.0185. The standard InChI is InChI=1S/C12H18O4S/c1-10-3-5-12(6-4-10)9-17(14,15)16-8-11(2)7-13/h3-6,11,13H,7-9H2,1-2H3. The molecule has 1 N–H and O–H groups in total. The fourth-order valence-corrected chi connectivity index (χ4v) is 2.33. The largest absolute Gasteiger partial charge is 0.396 e. The number of rotatable bonds is 6. The van der Waals surface area contributed by atoms with Crippen LogP contribution >= 0.6 is 0 Å². The Labute approximate surface area is 102 Å². The molecule has 0 radical (unpaired) electrons. The van der Waals surface area contributed by atoms with Crippen LogP contribution in [0, 0.1) is 12.8 Å². The molecular weight excluding hydrogens is 240 g/mol. The number of aliphatic hydroxyl groups excluding tert-OH is 1. The van der Waals surface area contributed by atoms with Gasteiger partial charge in [-0.2, -0.15) is 8.42 Å². The first-order chi connectivity index (χ1) is 7.93. The van der Waals surface area contributed by atoms with Crippen molar-refractivity contribution in [2.45, 2.75) is 19.6 Å². The van der Waals surface area contributed by atoms with Crippen molar-refractivity contribution in [3.8, 4) is 0 Å². The molecule has 0 saturated heterocycles. The maximum atomic E-state index is 11.6. The summed E-state index contributed by atoms with van der Waals surface area (Å²) in [6, 6.07) is 7.26. The summed E-state index contributed by atoms with van der Waals surface area (Å²) < 4.78 is 28.0. The molecule has 17 heavy (non-hydrogen) atoms. The van der Waals surface area contributed by atoms with Crippen LogP contribution < -0.4 is 0 Å². The average Bonchev–Trinajstić information content (AvgIpc) is 2.29. The summed E-state index contributed by atoms with van der Waals surface area (Å²) in [4.78, 5) is 0. The number of hydrogen-bond donors (Lipinski definition) is 1. The van der Waals surface area contributed by atoms with Crippen LogP contribution in [-0.2, 0) is 20.1 Å². The Morgan fingerprint density at radius 1 is 1.29 bits per heavy atom. The van der Waals surface area contributed by atoms with Gasteiger partial charge < -0.3 is 5.11 Å². The lowest BCUT2D eigenvalue weighted by atomic mass is 10.2. The summed E-state index contributed by atoms with van der Waals surface area (Å²) in [6.45, 7) is 3.60. The van der Waals surface area contributed by atoms with Gasteiger partial charge in [-0.05, 0) is 12.5 Å². The summed E-state index contributed by atoms with van der Waals surface area (Å²) in [6.07, 6.45) is 0. The van der Waals surface area contributed by atoms with E-state index in [2.05, 4.69) is 0 Å². The monoisotopic (exact) mass is 258 g/mol. The third-order valence-corrected chi connectivity index (χ3v) is 3.49. The molecule has 1 atom stereocenters. The van der Waals surface area contributed by atoms with Crippen LogP contribution in [0.15, 0.2) is 24.3 Å². The van der Waals surface area contributed by atoms with E-state index in [4.69, 9.17) is 9.29 Å². The Morgan fingerprint density at radius 2 is 1.88 bits per heavy atom. The van der Waals surface area contributed by atoms with Gasteiger partial charge in [-0.25, -0.2) is 0 Å². The zero-order valence-corrected chi connectivity index (χ0v) is 10.9. The van der Waals surface area contributed by atoms with Crippen LogP contribution in [-0.4, -0.2) is 26.7 Å². The van der Waals surface area contributed by atoms with Crippen molar-refractivity contribution < 1.29 is 17.7 Å². The third-order valence-electron chi connectivity index (χ3n) is 2.31. The molecule has 4 nitrogen and oxygen atoms in total. The normalized spacial score (nSPS) is 13.6. The molecule has 5 heteroatoms. The van der Waals surface area contributed by atoms with Crippen molar-refractivity contribution in [1.82, 2.24) is 0 Å². The summed E-state index contributed by atoms with van der Waals surface area (Å²) in [5.74, 6) is -0.311. The molecule has 0 amide bonds. The molecule has 0 heterocycles. The second kappa shape index (κ2) is 6.14. The predicted octanol–water partition coefficient (Wildman–Crippen LogP) is 1.47. The quantitative estimate of drug-likeness (QED) is 0.785. The summed E-state index contributed by atoms with van der Waals surface area (Å²) >= 11 is 0. The van der Waals surface area contributed by atoms with Gasteiger partial charge in [-0.3, -0.25) is 4.18 Å². The molecule has 96 valence electrons. The Kier molecular flexibility index (Phi) is 5.11. The molecule has 1 aromatic carbocycles. The highest BCUT2D eigenvalue weighted by atomic mass is 32.2. The highest BCUT2D eigenvalue weighted by molar-refractivity contribution is 7.85. The Balaban J connectivity index is 2.57. The van der Waals surface area contributed by atoms with E-state index < -0.39 is 10.1 Å². The van der Waals surface area contributed by atoms with Gasteiger partial charge in [0.25, 0.3) is 10.1 Å². The average molecular weight is 258 g/mol. The third kappa shape index (κ3) is 5.30. The Morgan fingerprint density at radius 3 is 2.41 bits per heavy atom. The van der Waals surface area contributed by atoms with Crippen molar-refractivity contribution in [2.75, 3.05) is 13.2 Å². The molecule has 0 aromatic heterocycles. The number of hydrogen-bond acceptors (Lipinski definition) is 4.